The molecule has 2 N–H and O–H groups in total. The lowest BCUT2D eigenvalue weighted by Crippen LogP contribution is -2.37. The fourth-order valence-electron chi connectivity index (χ4n) is 1.00. The van der Waals surface area contributed by atoms with Crippen molar-refractivity contribution in [1.29, 1.82) is 0 Å². The molecule has 1 heterocycles. The Morgan fingerprint density at radius 1 is 1.59 bits per heavy atom. The quantitative estimate of drug-likeness (QED) is 0.812. The van der Waals surface area contributed by atoms with Crippen molar-refractivity contribution in [3.8, 4) is 0 Å². The smallest absolute Gasteiger partial charge is 0.334 e. The maximum absolute atomic E-state index is 11.7. The normalized spacial score (nSPS) is 12.2. The number of thiophene rings is 1. The second kappa shape index (κ2) is 6.48. The molecule has 0 aromatic carbocycles. The van der Waals surface area contributed by atoms with Gasteiger partial charge in [-0.1, -0.05) is 0 Å². The van der Waals surface area contributed by atoms with Gasteiger partial charge in [-0.3, -0.25) is 4.79 Å². The molecule has 8 heteroatoms. The lowest BCUT2D eigenvalue weighted by molar-refractivity contribution is -0.147. The largest absolute Gasteiger partial charge is 0.479 e. The lowest BCUT2D eigenvalue weighted by atomic mass is 10.3. The van der Waals surface area contributed by atoms with Gasteiger partial charge in [0.25, 0.3) is 5.91 Å². The summed E-state index contributed by atoms with van der Waals surface area (Å²) in [6.07, 6.45) is -1.04. The molecule has 0 aliphatic heterocycles. The van der Waals surface area contributed by atoms with Crippen molar-refractivity contribution in [3.05, 3.63) is 19.2 Å². The van der Waals surface area contributed by atoms with E-state index in [1.54, 1.807) is 6.07 Å². The minimum absolute atomic E-state index is 0.0716. The number of ether oxygens (including phenoxy) is 1. The van der Waals surface area contributed by atoms with Crippen LogP contribution < -0.4 is 5.32 Å². The SMILES string of the molecule is COC(CNC(=O)c1cc(Br)c(Br)s1)C(=O)O. The highest BCUT2D eigenvalue weighted by Crippen LogP contribution is 2.32. The average molecular weight is 387 g/mol. The molecule has 1 atom stereocenters. The molecular weight excluding hydrogens is 378 g/mol. The Bertz CT molecular complexity index is 415. The number of nitrogens with one attached hydrogen (secondary N) is 1. The van der Waals surface area contributed by atoms with Crippen LogP contribution in [0.1, 0.15) is 9.67 Å². The minimum Gasteiger partial charge on any atom is -0.479 e. The van der Waals surface area contributed by atoms with Crippen molar-refractivity contribution in [2.45, 2.75) is 6.10 Å². The van der Waals surface area contributed by atoms with E-state index in [9.17, 15) is 9.59 Å². The Morgan fingerprint density at radius 2 is 2.24 bits per heavy atom. The molecule has 1 aromatic rings. The van der Waals surface area contributed by atoms with Gasteiger partial charge < -0.3 is 15.2 Å². The summed E-state index contributed by atoms with van der Waals surface area (Å²) in [7, 11) is 1.28. The highest BCUT2D eigenvalue weighted by Gasteiger charge is 2.18. The van der Waals surface area contributed by atoms with Crippen LogP contribution in [0.5, 0.6) is 0 Å². The summed E-state index contributed by atoms with van der Waals surface area (Å²) in [6.45, 7) is -0.0716. The molecule has 1 amide bonds. The first-order valence-electron chi connectivity index (χ1n) is 4.44. The van der Waals surface area contributed by atoms with Gasteiger partial charge >= 0.3 is 5.97 Å². The summed E-state index contributed by atoms with van der Waals surface area (Å²) in [6, 6.07) is 1.66. The van der Waals surface area contributed by atoms with E-state index in [4.69, 9.17) is 9.84 Å². The molecule has 94 valence electrons. The summed E-state index contributed by atoms with van der Waals surface area (Å²) in [5.41, 5.74) is 0. The predicted octanol–water partition coefficient (Wildman–Crippen LogP) is 2.10. The van der Waals surface area contributed by atoms with Crippen molar-refractivity contribution in [1.82, 2.24) is 5.32 Å². The molecular formula is C9H9Br2NO4S. The number of methoxy groups -OCH3 is 1. The molecule has 0 radical (unpaired) electrons. The number of hydrogen-bond donors (Lipinski definition) is 2. The number of carbonyl (C=O) groups is 2. The maximum Gasteiger partial charge on any atom is 0.334 e. The van der Waals surface area contributed by atoms with Crippen LogP contribution in [0.3, 0.4) is 0 Å². The number of hydrogen-bond acceptors (Lipinski definition) is 4. The van der Waals surface area contributed by atoms with Crippen LogP contribution in [0.25, 0.3) is 0 Å². The van der Waals surface area contributed by atoms with Gasteiger partial charge in [0.1, 0.15) is 0 Å². The van der Waals surface area contributed by atoms with Crippen molar-refractivity contribution in [2.75, 3.05) is 13.7 Å². The molecule has 0 aliphatic carbocycles. The topological polar surface area (TPSA) is 75.6 Å². The number of halogens is 2. The molecule has 5 nitrogen and oxygen atoms in total. The van der Waals surface area contributed by atoms with Gasteiger partial charge in [-0.05, 0) is 37.9 Å². The van der Waals surface area contributed by atoms with Crippen LogP contribution >= 0.6 is 43.2 Å². The monoisotopic (exact) mass is 385 g/mol. The fraction of sp³-hybridized carbons (Fsp3) is 0.333. The molecule has 1 rings (SSSR count). The third-order valence-electron chi connectivity index (χ3n) is 1.88. The van der Waals surface area contributed by atoms with Crippen LogP contribution in [-0.2, 0) is 9.53 Å². The van der Waals surface area contributed by atoms with Crippen molar-refractivity contribution < 1.29 is 19.4 Å². The van der Waals surface area contributed by atoms with E-state index < -0.39 is 12.1 Å². The van der Waals surface area contributed by atoms with Gasteiger partial charge in [0.15, 0.2) is 6.10 Å². The number of carbonyl (C=O) groups excluding carboxylic acids is 1. The first kappa shape index (κ1) is 14.6. The molecule has 0 bridgehead atoms. The van der Waals surface area contributed by atoms with Crippen LogP contribution in [0.15, 0.2) is 14.3 Å². The Kier molecular flexibility index (Phi) is 5.57. The van der Waals surface area contributed by atoms with E-state index in [-0.39, 0.29) is 12.5 Å². The first-order valence-corrected chi connectivity index (χ1v) is 6.84. The van der Waals surface area contributed by atoms with E-state index in [0.717, 1.165) is 8.26 Å². The van der Waals surface area contributed by atoms with Gasteiger partial charge in [-0.2, -0.15) is 0 Å². The van der Waals surface area contributed by atoms with Crippen LogP contribution in [0, 0.1) is 0 Å². The Morgan fingerprint density at radius 3 is 2.65 bits per heavy atom. The maximum atomic E-state index is 11.7. The molecule has 0 aliphatic rings. The molecule has 0 saturated carbocycles. The third kappa shape index (κ3) is 4.06. The van der Waals surface area contributed by atoms with Crippen molar-refractivity contribution >= 4 is 55.1 Å². The lowest BCUT2D eigenvalue weighted by Gasteiger charge is -2.10. The van der Waals surface area contributed by atoms with E-state index in [2.05, 4.69) is 37.2 Å². The standard InChI is InChI=1S/C9H9Br2NO4S/c1-16-5(9(14)15)3-12-8(13)6-2-4(10)7(11)17-6/h2,5H,3H2,1H3,(H,12,13)(H,14,15). The van der Waals surface area contributed by atoms with Crippen molar-refractivity contribution in [3.63, 3.8) is 0 Å². The Balaban J connectivity index is 2.58. The second-order valence-electron chi connectivity index (χ2n) is 3.00. The zero-order valence-electron chi connectivity index (χ0n) is 8.70. The number of carboxylic acid groups (broad SMARTS) is 1. The summed E-state index contributed by atoms with van der Waals surface area (Å²) in [4.78, 5) is 22.8. The number of amides is 1. The summed E-state index contributed by atoms with van der Waals surface area (Å²) in [5, 5.41) is 11.2. The van der Waals surface area contributed by atoms with Gasteiger partial charge in [0.2, 0.25) is 0 Å². The molecule has 0 saturated heterocycles. The Labute approximate surface area is 118 Å². The zero-order chi connectivity index (χ0) is 13.0. The summed E-state index contributed by atoms with van der Waals surface area (Å²) < 4.78 is 6.29. The molecule has 0 spiro atoms. The molecule has 1 unspecified atom stereocenters. The van der Waals surface area contributed by atoms with E-state index in [1.807, 2.05) is 0 Å². The third-order valence-corrected chi connectivity index (χ3v) is 5.13. The van der Waals surface area contributed by atoms with E-state index >= 15 is 0 Å². The zero-order valence-corrected chi connectivity index (χ0v) is 12.7. The van der Waals surface area contributed by atoms with Crippen molar-refractivity contribution in [2.24, 2.45) is 0 Å². The highest BCUT2D eigenvalue weighted by atomic mass is 79.9. The first-order chi connectivity index (χ1) is 7.95. The summed E-state index contributed by atoms with van der Waals surface area (Å²) in [5.74, 6) is -1.44. The number of rotatable bonds is 5. The van der Waals surface area contributed by atoms with E-state index in [0.29, 0.717) is 4.88 Å². The fourth-order valence-corrected chi connectivity index (χ4v) is 2.95. The predicted molar refractivity (Wildman–Crippen MR) is 70.5 cm³/mol. The average Bonchev–Trinajstić information content (AvgIpc) is 2.59. The molecule has 1 aromatic heterocycles. The second-order valence-corrected chi connectivity index (χ2v) is 6.23. The number of aliphatic carboxylic acids is 1. The van der Waals surface area contributed by atoms with E-state index in [1.165, 1.54) is 18.4 Å². The Hall–Kier alpha value is -0.440. The number of carboxylic acids is 1. The van der Waals surface area contributed by atoms with Gasteiger partial charge in [0.05, 0.1) is 15.2 Å². The van der Waals surface area contributed by atoms with Gasteiger partial charge in [-0.15, -0.1) is 11.3 Å². The highest BCUT2D eigenvalue weighted by molar-refractivity contribution is 9.13. The van der Waals surface area contributed by atoms with Gasteiger partial charge in [-0.25, -0.2) is 4.79 Å². The van der Waals surface area contributed by atoms with Crippen LogP contribution in [0.4, 0.5) is 0 Å². The van der Waals surface area contributed by atoms with Crippen LogP contribution in [-0.4, -0.2) is 36.7 Å². The molecule has 0 fully saturated rings. The summed E-state index contributed by atoms with van der Waals surface area (Å²) >= 11 is 7.80. The van der Waals surface area contributed by atoms with Crippen LogP contribution in [0.2, 0.25) is 0 Å². The molecule has 17 heavy (non-hydrogen) atoms. The minimum atomic E-state index is -1.11. The van der Waals surface area contributed by atoms with Gasteiger partial charge in [0, 0.05) is 11.6 Å².